The standard InChI is InChI=1S/C33H52N4O4/c1-6-23-9-7-8-10-26(23)37-20-31(4,5)36(18-29(37)39)17-25(34)27(38)13-24(21(2)3)30(40)35-28-11-12-33(41)16-22-14-32(28,15-22)19-33/h7-10,21-22,24-25,27-28,38,41H,6,11-20,34H2,1-5H3,(H,35,40)/t22?,24-,25-,27-,28?,32?,33?/m0/s1. The van der Waals surface area contributed by atoms with Crippen molar-refractivity contribution in [1.82, 2.24) is 10.2 Å². The number of carbonyl (C=O) groups excluding carboxylic acids is 2. The molecule has 5 atom stereocenters. The van der Waals surface area contributed by atoms with Crippen molar-refractivity contribution < 1.29 is 19.8 Å². The lowest BCUT2D eigenvalue weighted by atomic mass is 9.44. The topological polar surface area (TPSA) is 119 Å². The minimum Gasteiger partial charge on any atom is -0.391 e. The summed E-state index contributed by atoms with van der Waals surface area (Å²) in [7, 11) is 0. The summed E-state index contributed by atoms with van der Waals surface area (Å²) in [5.41, 5.74) is 7.86. The highest BCUT2D eigenvalue weighted by atomic mass is 16.3. The highest BCUT2D eigenvalue weighted by Crippen LogP contribution is 2.64. The molecule has 5 N–H and O–H groups in total. The number of nitrogens with two attached hydrogens (primary N) is 1. The first-order valence-electron chi connectivity index (χ1n) is 15.9. The molecule has 8 nitrogen and oxygen atoms in total. The summed E-state index contributed by atoms with van der Waals surface area (Å²) >= 11 is 0. The highest BCUT2D eigenvalue weighted by molar-refractivity contribution is 5.96. The Balaban J connectivity index is 1.19. The van der Waals surface area contributed by atoms with Crippen LogP contribution in [0.4, 0.5) is 5.69 Å². The maximum Gasteiger partial charge on any atom is 0.241 e. The van der Waals surface area contributed by atoms with Crippen LogP contribution >= 0.6 is 0 Å². The fraction of sp³-hybridized carbons (Fsp3) is 0.758. The maximum atomic E-state index is 13.6. The van der Waals surface area contributed by atoms with Gasteiger partial charge in [-0.1, -0.05) is 39.0 Å². The van der Waals surface area contributed by atoms with Gasteiger partial charge in [0.15, 0.2) is 0 Å². The fourth-order valence-electron chi connectivity index (χ4n) is 8.60. The normalized spacial score (nSPS) is 33.2. The molecule has 1 heterocycles. The third-order valence-corrected chi connectivity index (χ3v) is 10.9. The van der Waals surface area contributed by atoms with E-state index in [1.54, 1.807) is 0 Å². The van der Waals surface area contributed by atoms with Crippen molar-refractivity contribution in [1.29, 1.82) is 0 Å². The lowest BCUT2D eigenvalue weighted by Crippen LogP contribution is -2.66. The van der Waals surface area contributed by atoms with E-state index in [9.17, 15) is 19.8 Å². The molecule has 1 aliphatic heterocycles. The molecule has 4 aliphatic carbocycles. The summed E-state index contributed by atoms with van der Waals surface area (Å²) in [6.07, 6.45) is 5.77. The summed E-state index contributed by atoms with van der Waals surface area (Å²) in [6, 6.07) is 7.58. The molecule has 1 aromatic carbocycles. The van der Waals surface area contributed by atoms with Crippen molar-refractivity contribution in [3.8, 4) is 0 Å². The Morgan fingerprint density at radius 2 is 1.90 bits per heavy atom. The van der Waals surface area contributed by atoms with Gasteiger partial charge in [0, 0.05) is 42.3 Å². The average molecular weight is 569 g/mol. The number of benzene rings is 1. The fourth-order valence-corrected chi connectivity index (χ4v) is 8.60. The van der Waals surface area contributed by atoms with Crippen molar-refractivity contribution in [2.45, 2.75) is 115 Å². The molecule has 1 aromatic rings. The summed E-state index contributed by atoms with van der Waals surface area (Å²) < 4.78 is 0. The summed E-state index contributed by atoms with van der Waals surface area (Å²) in [5, 5.41) is 25.5. The van der Waals surface area contributed by atoms with Gasteiger partial charge in [-0.05, 0) is 94.1 Å². The molecule has 1 spiro atoms. The molecule has 5 aliphatic rings. The van der Waals surface area contributed by atoms with Gasteiger partial charge in [0.1, 0.15) is 0 Å². The van der Waals surface area contributed by atoms with Crippen LogP contribution in [0.3, 0.4) is 0 Å². The molecule has 2 unspecified atom stereocenters. The van der Waals surface area contributed by atoms with Gasteiger partial charge in [-0.25, -0.2) is 0 Å². The van der Waals surface area contributed by atoms with E-state index in [1.807, 2.05) is 36.9 Å². The molecule has 0 radical (unpaired) electrons. The van der Waals surface area contributed by atoms with E-state index in [0.717, 1.165) is 56.2 Å². The Labute approximate surface area is 246 Å². The summed E-state index contributed by atoms with van der Waals surface area (Å²) in [4.78, 5) is 30.8. The second-order valence-corrected chi connectivity index (χ2v) is 14.8. The smallest absolute Gasteiger partial charge is 0.241 e. The number of hydrogen-bond acceptors (Lipinski definition) is 6. The zero-order chi connectivity index (χ0) is 29.7. The third kappa shape index (κ3) is 5.95. The Hall–Kier alpha value is -2.00. The van der Waals surface area contributed by atoms with E-state index >= 15 is 0 Å². The first-order valence-corrected chi connectivity index (χ1v) is 15.9. The lowest BCUT2D eigenvalue weighted by Gasteiger charge is -2.64. The number of amides is 2. The molecule has 228 valence electrons. The van der Waals surface area contributed by atoms with Gasteiger partial charge in [0.05, 0.1) is 18.2 Å². The van der Waals surface area contributed by atoms with E-state index in [-0.39, 0.29) is 53.6 Å². The molecule has 3 bridgehead atoms. The number of nitrogens with one attached hydrogen (secondary N) is 1. The number of anilines is 1. The molecule has 5 fully saturated rings. The van der Waals surface area contributed by atoms with Gasteiger partial charge in [-0.15, -0.1) is 0 Å². The number of aliphatic hydroxyl groups excluding tert-OH is 1. The molecular formula is C33H52N4O4. The van der Waals surface area contributed by atoms with Gasteiger partial charge >= 0.3 is 0 Å². The van der Waals surface area contributed by atoms with Crippen molar-refractivity contribution in [3.05, 3.63) is 29.8 Å². The minimum atomic E-state index is -0.865. The van der Waals surface area contributed by atoms with Gasteiger partial charge in [0.25, 0.3) is 0 Å². The Morgan fingerprint density at radius 1 is 1.20 bits per heavy atom. The number of nitrogens with zero attached hydrogens (tertiary/aromatic N) is 2. The summed E-state index contributed by atoms with van der Waals surface area (Å²) in [6.45, 7) is 11.5. The predicted molar refractivity (Wildman–Crippen MR) is 161 cm³/mol. The van der Waals surface area contributed by atoms with Crippen LogP contribution in [0.5, 0.6) is 0 Å². The second-order valence-electron chi connectivity index (χ2n) is 14.8. The monoisotopic (exact) mass is 568 g/mol. The van der Waals surface area contributed by atoms with Crippen molar-refractivity contribution in [3.63, 3.8) is 0 Å². The summed E-state index contributed by atoms with van der Waals surface area (Å²) in [5.74, 6) is 0.309. The Bertz CT molecular complexity index is 1130. The van der Waals surface area contributed by atoms with E-state index in [1.165, 1.54) is 0 Å². The van der Waals surface area contributed by atoms with Crippen LogP contribution in [-0.2, 0) is 16.0 Å². The molecule has 8 heteroatoms. The second kappa shape index (κ2) is 11.3. The van der Waals surface area contributed by atoms with Gasteiger partial charge in [-0.3, -0.25) is 14.5 Å². The molecule has 1 saturated heterocycles. The van der Waals surface area contributed by atoms with Crippen LogP contribution in [0, 0.1) is 23.2 Å². The van der Waals surface area contributed by atoms with Gasteiger partial charge in [0.2, 0.25) is 11.8 Å². The van der Waals surface area contributed by atoms with Crippen LogP contribution in [0.25, 0.3) is 0 Å². The molecule has 6 rings (SSSR count). The lowest BCUT2D eigenvalue weighted by molar-refractivity contribution is -0.186. The SMILES string of the molecule is CCc1ccccc1N1CC(C)(C)N(C[C@H](N)[C@@H](O)C[C@H](C(=O)NC2CCC3(O)CC4CC2(C4)C3)C(C)C)CC1=O. The molecular weight excluding hydrogens is 516 g/mol. The molecule has 0 aromatic heterocycles. The minimum absolute atomic E-state index is 0.0104. The van der Waals surface area contributed by atoms with Crippen LogP contribution in [0.15, 0.2) is 24.3 Å². The number of rotatable bonds is 10. The van der Waals surface area contributed by atoms with Crippen LogP contribution in [-0.4, -0.2) is 75.9 Å². The number of para-hydroxylation sites is 1. The van der Waals surface area contributed by atoms with Crippen molar-refractivity contribution >= 4 is 17.5 Å². The van der Waals surface area contributed by atoms with Crippen LogP contribution in [0.1, 0.15) is 85.1 Å². The number of aryl methyl sites for hydroxylation is 1. The van der Waals surface area contributed by atoms with E-state index in [0.29, 0.717) is 19.0 Å². The maximum absolute atomic E-state index is 13.6. The molecule has 4 saturated carbocycles. The quantitative estimate of drug-likeness (QED) is 0.344. The van der Waals surface area contributed by atoms with Crippen molar-refractivity contribution in [2.24, 2.45) is 28.9 Å². The van der Waals surface area contributed by atoms with E-state index < -0.39 is 17.7 Å². The van der Waals surface area contributed by atoms with Gasteiger partial charge in [-0.2, -0.15) is 0 Å². The average Bonchev–Trinajstić information content (AvgIpc) is 2.89. The predicted octanol–water partition coefficient (Wildman–Crippen LogP) is 3.23. The van der Waals surface area contributed by atoms with Gasteiger partial charge < -0.3 is 26.2 Å². The van der Waals surface area contributed by atoms with Crippen LogP contribution < -0.4 is 16.0 Å². The zero-order valence-electron chi connectivity index (χ0n) is 25.7. The number of carbonyl (C=O) groups is 2. The number of piperazine rings is 1. The first-order chi connectivity index (χ1) is 19.3. The third-order valence-electron chi connectivity index (χ3n) is 10.9. The number of aliphatic hydroxyl groups is 2. The Kier molecular flexibility index (Phi) is 8.36. The highest BCUT2D eigenvalue weighted by Gasteiger charge is 2.62. The van der Waals surface area contributed by atoms with Crippen LogP contribution in [0.2, 0.25) is 0 Å². The van der Waals surface area contributed by atoms with E-state index in [4.69, 9.17) is 5.73 Å². The molecule has 2 amide bonds. The Morgan fingerprint density at radius 3 is 2.59 bits per heavy atom. The van der Waals surface area contributed by atoms with Crippen molar-refractivity contribution in [2.75, 3.05) is 24.5 Å². The van der Waals surface area contributed by atoms with E-state index in [2.05, 4.69) is 37.1 Å². The largest absolute Gasteiger partial charge is 0.391 e. The molecule has 41 heavy (non-hydrogen) atoms. The zero-order valence-corrected chi connectivity index (χ0v) is 25.7. The first kappa shape index (κ1) is 30.5. The number of hydrogen-bond donors (Lipinski definition) is 4.